The summed E-state index contributed by atoms with van der Waals surface area (Å²) >= 11 is 0. The van der Waals surface area contributed by atoms with Crippen LogP contribution in [0, 0.1) is 0 Å². The third-order valence-corrected chi connectivity index (χ3v) is 5.23. The van der Waals surface area contributed by atoms with Crippen LogP contribution in [-0.4, -0.2) is 60.6 Å². The van der Waals surface area contributed by atoms with E-state index in [1.165, 1.54) is 58.3 Å². The third-order valence-electron chi connectivity index (χ3n) is 5.23. The Labute approximate surface area is 119 Å². The van der Waals surface area contributed by atoms with Crippen LogP contribution < -0.4 is 5.32 Å². The summed E-state index contributed by atoms with van der Waals surface area (Å²) in [5.74, 6) is 0. The molecule has 1 aliphatic heterocycles. The molecule has 3 unspecified atom stereocenters. The fourth-order valence-electron chi connectivity index (χ4n) is 3.82. The zero-order valence-corrected chi connectivity index (χ0v) is 13.2. The third kappa shape index (κ3) is 3.93. The van der Waals surface area contributed by atoms with Crippen LogP contribution in [0.4, 0.5) is 0 Å². The number of nitrogens with zero attached hydrogens (tertiary/aromatic N) is 2. The second-order valence-corrected chi connectivity index (χ2v) is 6.35. The lowest BCUT2D eigenvalue weighted by molar-refractivity contribution is 0.0460. The summed E-state index contributed by atoms with van der Waals surface area (Å²) in [6.45, 7) is 13.1. The number of nitrogens with one attached hydrogen (secondary N) is 1. The number of hydrogen-bond donors (Lipinski definition) is 1. The molecular formula is C16H33N3. The molecule has 3 nitrogen and oxygen atoms in total. The molecule has 0 spiro atoms. The van der Waals surface area contributed by atoms with Gasteiger partial charge < -0.3 is 5.32 Å². The smallest absolute Gasteiger partial charge is 0.0250 e. The number of piperazine rings is 1. The molecule has 19 heavy (non-hydrogen) atoms. The molecule has 3 atom stereocenters. The van der Waals surface area contributed by atoms with E-state index >= 15 is 0 Å². The second-order valence-electron chi connectivity index (χ2n) is 6.35. The molecule has 1 aliphatic carbocycles. The maximum absolute atomic E-state index is 3.72. The minimum Gasteiger partial charge on any atom is -0.313 e. The Kier molecular flexibility index (Phi) is 6.11. The number of hydrogen-bond acceptors (Lipinski definition) is 3. The summed E-state index contributed by atoms with van der Waals surface area (Å²) in [7, 11) is 0. The normalized spacial score (nSPS) is 32.4. The minimum absolute atomic E-state index is 0.744. The Bertz CT molecular complexity index is 246. The molecule has 1 saturated carbocycles. The average Bonchev–Trinajstić information content (AvgIpc) is 2.47. The summed E-state index contributed by atoms with van der Waals surface area (Å²) in [6.07, 6.45) is 6.91. The van der Waals surface area contributed by atoms with Gasteiger partial charge in [0.1, 0.15) is 0 Å². The van der Waals surface area contributed by atoms with Gasteiger partial charge in [-0.2, -0.15) is 0 Å². The maximum atomic E-state index is 3.72. The zero-order chi connectivity index (χ0) is 13.7. The SMILES string of the molecule is CCNC1CCCCC1N1CCN(C(C)CC)CC1. The molecule has 0 radical (unpaired) electrons. The van der Waals surface area contributed by atoms with Crippen molar-refractivity contribution in [2.75, 3.05) is 32.7 Å². The largest absolute Gasteiger partial charge is 0.313 e. The molecule has 1 N–H and O–H groups in total. The van der Waals surface area contributed by atoms with E-state index in [-0.39, 0.29) is 0 Å². The van der Waals surface area contributed by atoms with Gasteiger partial charge in [0.15, 0.2) is 0 Å². The van der Waals surface area contributed by atoms with Crippen LogP contribution >= 0.6 is 0 Å². The lowest BCUT2D eigenvalue weighted by Gasteiger charge is -2.45. The van der Waals surface area contributed by atoms with E-state index in [1.807, 2.05) is 0 Å². The zero-order valence-electron chi connectivity index (χ0n) is 13.2. The van der Waals surface area contributed by atoms with Crippen LogP contribution in [-0.2, 0) is 0 Å². The first-order chi connectivity index (χ1) is 9.26. The second kappa shape index (κ2) is 7.61. The first-order valence-electron chi connectivity index (χ1n) is 8.47. The Morgan fingerprint density at radius 2 is 1.74 bits per heavy atom. The lowest BCUT2D eigenvalue weighted by atomic mass is 9.88. The van der Waals surface area contributed by atoms with Gasteiger partial charge in [0.05, 0.1) is 0 Å². The molecular weight excluding hydrogens is 234 g/mol. The van der Waals surface area contributed by atoms with Crippen molar-refractivity contribution < 1.29 is 0 Å². The number of rotatable bonds is 5. The molecule has 0 bridgehead atoms. The van der Waals surface area contributed by atoms with Crippen molar-refractivity contribution in [2.45, 2.75) is 71.0 Å². The predicted molar refractivity (Wildman–Crippen MR) is 82.6 cm³/mol. The first-order valence-corrected chi connectivity index (χ1v) is 8.47. The van der Waals surface area contributed by atoms with Crippen molar-refractivity contribution in [1.29, 1.82) is 0 Å². The van der Waals surface area contributed by atoms with E-state index < -0.39 is 0 Å². The van der Waals surface area contributed by atoms with Crippen LogP contribution in [0.15, 0.2) is 0 Å². The van der Waals surface area contributed by atoms with Gasteiger partial charge in [-0.3, -0.25) is 9.80 Å². The van der Waals surface area contributed by atoms with E-state index in [1.54, 1.807) is 0 Å². The Hall–Kier alpha value is -0.120. The van der Waals surface area contributed by atoms with Gasteiger partial charge in [-0.25, -0.2) is 0 Å². The molecule has 0 aromatic rings. The van der Waals surface area contributed by atoms with Gasteiger partial charge in [0, 0.05) is 44.3 Å². The highest BCUT2D eigenvalue weighted by molar-refractivity contribution is 4.90. The van der Waals surface area contributed by atoms with E-state index in [2.05, 4.69) is 35.9 Å². The molecule has 2 aliphatic rings. The van der Waals surface area contributed by atoms with Crippen LogP contribution in [0.1, 0.15) is 52.9 Å². The molecule has 112 valence electrons. The average molecular weight is 267 g/mol. The Morgan fingerprint density at radius 3 is 2.37 bits per heavy atom. The highest BCUT2D eigenvalue weighted by Crippen LogP contribution is 2.24. The van der Waals surface area contributed by atoms with E-state index in [0.717, 1.165) is 24.7 Å². The van der Waals surface area contributed by atoms with Crippen molar-refractivity contribution >= 4 is 0 Å². The van der Waals surface area contributed by atoms with Gasteiger partial charge in [-0.15, -0.1) is 0 Å². The van der Waals surface area contributed by atoms with E-state index in [9.17, 15) is 0 Å². The fourth-order valence-corrected chi connectivity index (χ4v) is 3.82. The van der Waals surface area contributed by atoms with Gasteiger partial charge in [0.2, 0.25) is 0 Å². The summed E-state index contributed by atoms with van der Waals surface area (Å²) in [4.78, 5) is 5.44. The van der Waals surface area contributed by atoms with Crippen LogP contribution in [0.2, 0.25) is 0 Å². The summed E-state index contributed by atoms with van der Waals surface area (Å²) in [5.41, 5.74) is 0. The van der Waals surface area contributed by atoms with Crippen LogP contribution in [0.5, 0.6) is 0 Å². The van der Waals surface area contributed by atoms with Crippen molar-refractivity contribution in [1.82, 2.24) is 15.1 Å². The van der Waals surface area contributed by atoms with E-state index in [0.29, 0.717) is 0 Å². The highest BCUT2D eigenvalue weighted by atomic mass is 15.3. The molecule has 0 aromatic carbocycles. The minimum atomic E-state index is 0.744. The van der Waals surface area contributed by atoms with Crippen molar-refractivity contribution in [2.24, 2.45) is 0 Å². The van der Waals surface area contributed by atoms with Crippen molar-refractivity contribution in [3.05, 3.63) is 0 Å². The summed E-state index contributed by atoms with van der Waals surface area (Å²) in [6, 6.07) is 2.31. The van der Waals surface area contributed by atoms with Gasteiger partial charge >= 0.3 is 0 Å². The van der Waals surface area contributed by atoms with Crippen LogP contribution in [0.25, 0.3) is 0 Å². The maximum Gasteiger partial charge on any atom is 0.0250 e. The summed E-state index contributed by atoms with van der Waals surface area (Å²) < 4.78 is 0. The van der Waals surface area contributed by atoms with E-state index in [4.69, 9.17) is 0 Å². The Morgan fingerprint density at radius 1 is 1.05 bits per heavy atom. The fraction of sp³-hybridized carbons (Fsp3) is 1.00. The molecule has 2 rings (SSSR count). The molecule has 0 aromatic heterocycles. The monoisotopic (exact) mass is 267 g/mol. The topological polar surface area (TPSA) is 18.5 Å². The first kappa shape index (κ1) is 15.3. The van der Waals surface area contributed by atoms with Crippen molar-refractivity contribution in [3.63, 3.8) is 0 Å². The quantitative estimate of drug-likeness (QED) is 0.825. The predicted octanol–water partition coefficient (Wildman–Crippen LogP) is 2.32. The standard InChI is InChI=1S/C16H33N3/c1-4-14(3)18-10-12-19(13-11-18)16-9-7-6-8-15(16)17-5-2/h14-17H,4-13H2,1-3H3. The summed E-state index contributed by atoms with van der Waals surface area (Å²) in [5, 5.41) is 3.72. The molecule has 1 saturated heterocycles. The number of likely N-dealkylation sites (N-methyl/N-ethyl adjacent to an activating group) is 1. The van der Waals surface area contributed by atoms with Crippen LogP contribution in [0.3, 0.4) is 0 Å². The molecule has 1 heterocycles. The molecule has 3 heteroatoms. The lowest BCUT2D eigenvalue weighted by Crippen LogP contribution is -2.58. The Balaban J connectivity index is 1.85. The highest BCUT2D eigenvalue weighted by Gasteiger charge is 2.31. The molecule has 2 fully saturated rings. The molecule has 0 amide bonds. The van der Waals surface area contributed by atoms with Crippen molar-refractivity contribution in [3.8, 4) is 0 Å². The van der Waals surface area contributed by atoms with Gasteiger partial charge in [-0.05, 0) is 32.7 Å². The van der Waals surface area contributed by atoms with Gasteiger partial charge in [-0.1, -0.05) is 26.7 Å². The van der Waals surface area contributed by atoms with Gasteiger partial charge in [0.25, 0.3) is 0 Å².